The first-order chi connectivity index (χ1) is 12.6. The molecule has 26 heavy (non-hydrogen) atoms. The number of methoxy groups -OCH3 is 1. The van der Waals surface area contributed by atoms with Crippen molar-refractivity contribution < 1.29 is 27.8 Å². The highest BCUT2D eigenvalue weighted by molar-refractivity contribution is 6.04. The number of hydrogen-bond donors (Lipinski definition) is 0. The van der Waals surface area contributed by atoms with Crippen molar-refractivity contribution in [3.8, 4) is 5.75 Å². The van der Waals surface area contributed by atoms with Gasteiger partial charge in [-0.25, -0.2) is 9.18 Å². The maximum Gasteiger partial charge on any atom is 0.342 e. The first-order valence-corrected chi connectivity index (χ1v) is 8.15. The van der Waals surface area contributed by atoms with Crippen molar-refractivity contribution in [1.29, 1.82) is 0 Å². The number of benzene rings is 2. The van der Waals surface area contributed by atoms with Crippen molar-refractivity contribution in [3.05, 3.63) is 65.2 Å². The third-order valence-corrected chi connectivity index (χ3v) is 3.91. The van der Waals surface area contributed by atoms with Gasteiger partial charge in [-0.3, -0.25) is 0 Å². The zero-order chi connectivity index (χ0) is 18.5. The number of esters is 1. The molecule has 0 fully saturated rings. The summed E-state index contributed by atoms with van der Waals surface area (Å²) in [4.78, 5) is 12.3. The van der Waals surface area contributed by atoms with Crippen LogP contribution in [0, 0.1) is 12.7 Å². The van der Waals surface area contributed by atoms with Gasteiger partial charge in [0, 0.05) is 18.1 Å². The lowest BCUT2D eigenvalue weighted by atomic mass is 10.1. The molecule has 0 aliphatic carbocycles. The maximum absolute atomic E-state index is 13.7. The molecule has 0 aliphatic rings. The van der Waals surface area contributed by atoms with Crippen LogP contribution in [-0.4, -0.2) is 26.3 Å². The molecule has 0 unspecified atom stereocenters. The van der Waals surface area contributed by atoms with Crippen LogP contribution < -0.4 is 4.74 Å². The molecule has 0 amide bonds. The first kappa shape index (κ1) is 17.9. The summed E-state index contributed by atoms with van der Waals surface area (Å²) in [6.07, 6.45) is 0. The molecule has 0 saturated carbocycles. The van der Waals surface area contributed by atoms with Crippen LogP contribution in [0.2, 0.25) is 0 Å². The molecule has 6 heteroatoms. The first-order valence-electron chi connectivity index (χ1n) is 8.15. The standard InChI is InChI=1S/C20H19FO5/c1-13-19(20(22)24-10-9-23-2)16-11-15(7-8-18(16)26-13)25-12-14-5-3-4-6-17(14)21/h3-8,11H,9-10,12H2,1-2H3. The molecule has 2 aromatic carbocycles. The van der Waals surface area contributed by atoms with E-state index in [1.807, 2.05) is 0 Å². The molecule has 0 N–H and O–H groups in total. The SMILES string of the molecule is COCCOC(=O)c1c(C)oc2ccc(OCc3ccccc3F)cc12. The minimum atomic E-state index is -0.482. The van der Waals surface area contributed by atoms with Gasteiger partial charge in [0.1, 0.15) is 41.7 Å². The van der Waals surface area contributed by atoms with Gasteiger partial charge >= 0.3 is 5.97 Å². The molecule has 5 nitrogen and oxygen atoms in total. The lowest BCUT2D eigenvalue weighted by molar-refractivity contribution is 0.0388. The number of carbonyl (C=O) groups is 1. The maximum atomic E-state index is 13.7. The highest BCUT2D eigenvalue weighted by Crippen LogP contribution is 2.30. The van der Waals surface area contributed by atoms with Crippen molar-refractivity contribution in [2.75, 3.05) is 20.3 Å². The fraction of sp³-hybridized carbons (Fsp3) is 0.250. The van der Waals surface area contributed by atoms with Gasteiger partial charge in [-0.15, -0.1) is 0 Å². The summed E-state index contributed by atoms with van der Waals surface area (Å²) in [6.45, 7) is 2.26. The van der Waals surface area contributed by atoms with E-state index >= 15 is 0 Å². The minimum absolute atomic E-state index is 0.0859. The molecular formula is C20H19FO5. The second-order valence-corrected chi connectivity index (χ2v) is 5.70. The molecule has 1 heterocycles. The van der Waals surface area contributed by atoms with E-state index in [4.69, 9.17) is 18.6 Å². The van der Waals surface area contributed by atoms with E-state index in [1.165, 1.54) is 13.2 Å². The van der Waals surface area contributed by atoms with Crippen LogP contribution in [0.15, 0.2) is 46.9 Å². The van der Waals surface area contributed by atoms with Crippen LogP contribution in [0.25, 0.3) is 11.0 Å². The normalized spacial score (nSPS) is 10.9. The van der Waals surface area contributed by atoms with Crippen LogP contribution in [0.1, 0.15) is 21.7 Å². The minimum Gasteiger partial charge on any atom is -0.489 e. The van der Waals surface area contributed by atoms with E-state index < -0.39 is 5.97 Å². The van der Waals surface area contributed by atoms with Crippen molar-refractivity contribution in [1.82, 2.24) is 0 Å². The molecule has 3 aromatic rings. The van der Waals surface area contributed by atoms with Gasteiger partial charge in [0.25, 0.3) is 0 Å². The summed E-state index contributed by atoms with van der Waals surface area (Å²) < 4.78 is 35.1. The van der Waals surface area contributed by atoms with Crippen LogP contribution in [0.4, 0.5) is 4.39 Å². The number of ether oxygens (including phenoxy) is 3. The Bertz CT molecular complexity index is 916. The molecule has 3 rings (SSSR count). The van der Waals surface area contributed by atoms with Crippen molar-refractivity contribution in [3.63, 3.8) is 0 Å². The Labute approximate surface area is 150 Å². The molecule has 0 radical (unpaired) electrons. The van der Waals surface area contributed by atoms with Gasteiger partial charge in [0.15, 0.2) is 0 Å². The summed E-state index contributed by atoms with van der Waals surface area (Å²) in [5, 5.41) is 0.593. The average Bonchev–Trinajstić information content (AvgIpc) is 2.96. The fourth-order valence-electron chi connectivity index (χ4n) is 2.61. The van der Waals surface area contributed by atoms with Crippen molar-refractivity contribution in [2.24, 2.45) is 0 Å². The second kappa shape index (κ2) is 8.01. The Morgan fingerprint density at radius 3 is 2.73 bits per heavy atom. The highest BCUT2D eigenvalue weighted by atomic mass is 19.1. The number of furan rings is 1. The predicted octanol–water partition coefficient (Wildman–Crippen LogP) is 4.26. The third kappa shape index (κ3) is 3.86. The second-order valence-electron chi connectivity index (χ2n) is 5.70. The Hall–Kier alpha value is -2.86. The summed E-state index contributed by atoms with van der Waals surface area (Å²) in [5.41, 5.74) is 1.36. The molecule has 0 saturated heterocycles. The van der Waals surface area contributed by atoms with E-state index in [0.29, 0.717) is 40.2 Å². The van der Waals surface area contributed by atoms with E-state index in [9.17, 15) is 9.18 Å². The summed E-state index contributed by atoms with van der Waals surface area (Å²) in [5.74, 6) is 0.167. The Morgan fingerprint density at radius 2 is 1.96 bits per heavy atom. The van der Waals surface area contributed by atoms with Gasteiger partial charge in [-0.05, 0) is 31.2 Å². The van der Waals surface area contributed by atoms with Gasteiger partial charge in [-0.2, -0.15) is 0 Å². The van der Waals surface area contributed by atoms with Crippen LogP contribution in [0.3, 0.4) is 0 Å². The number of hydrogen-bond acceptors (Lipinski definition) is 5. The van der Waals surface area contributed by atoms with E-state index in [2.05, 4.69) is 0 Å². The lowest BCUT2D eigenvalue weighted by Crippen LogP contribution is -2.10. The number of aryl methyl sites for hydroxylation is 1. The topological polar surface area (TPSA) is 57.9 Å². The van der Waals surface area contributed by atoms with E-state index in [-0.39, 0.29) is 19.0 Å². The van der Waals surface area contributed by atoms with E-state index in [0.717, 1.165) is 0 Å². The lowest BCUT2D eigenvalue weighted by Gasteiger charge is -2.07. The molecule has 0 bridgehead atoms. The third-order valence-electron chi connectivity index (χ3n) is 3.91. The zero-order valence-corrected chi connectivity index (χ0v) is 14.6. The largest absolute Gasteiger partial charge is 0.489 e. The average molecular weight is 358 g/mol. The van der Waals surface area contributed by atoms with Crippen molar-refractivity contribution in [2.45, 2.75) is 13.5 Å². The quantitative estimate of drug-likeness (QED) is 0.466. The number of carbonyl (C=O) groups excluding carboxylic acids is 1. The summed E-state index contributed by atoms with van der Waals surface area (Å²) in [6, 6.07) is 11.5. The fourth-order valence-corrected chi connectivity index (χ4v) is 2.61. The Morgan fingerprint density at radius 1 is 1.15 bits per heavy atom. The summed E-state index contributed by atoms with van der Waals surface area (Å²) in [7, 11) is 1.53. The van der Waals surface area contributed by atoms with Crippen LogP contribution in [-0.2, 0) is 16.1 Å². The number of rotatable bonds is 7. The number of fused-ring (bicyclic) bond motifs is 1. The van der Waals surface area contributed by atoms with Gasteiger partial charge in [0.05, 0.1) is 6.61 Å². The Balaban J connectivity index is 1.82. The number of halogens is 1. The molecule has 1 aromatic heterocycles. The molecule has 0 aliphatic heterocycles. The molecule has 0 spiro atoms. The predicted molar refractivity (Wildman–Crippen MR) is 93.8 cm³/mol. The highest BCUT2D eigenvalue weighted by Gasteiger charge is 2.20. The van der Waals surface area contributed by atoms with Crippen LogP contribution >= 0.6 is 0 Å². The Kier molecular flexibility index (Phi) is 5.53. The van der Waals surface area contributed by atoms with Gasteiger partial charge in [0.2, 0.25) is 0 Å². The van der Waals surface area contributed by atoms with Crippen molar-refractivity contribution >= 4 is 16.9 Å². The smallest absolute Gasteiger partial charge is 0.342 e. The molecular weight excluding hydrogens is 339 g/mol. The molecule has 136 valence electrons. The van der Waals surface area contributed by atoms with Gasteiger partial charge < -0.3 is 18.6 Å². The molecule has 0 atom stereocenters. The van der Waals surface area contributed by atoms with E-state index in [1.54, 1.807) is 43.3 Å². The van der Waals surface area contributed by atoms with Crippen LogP contribution in [0.5, 0.6) is 5.75 Å². The zero-order valence-electron chi connectivity index (χ0n) is 14.6. The van der Waals surface area contributed by atoms with Gasteiger partial charge in [-0.1, -0.05) is 18.2 Å². The summed E-state index contributed by atoms with van der Waals surface area (Å²) >= 11 is 0. The monoisotopic (exact) mass is 358 g/mol.